The molecule has 2 unspecified atom stereocenters. The Kier molecular flexibility index (Phi) is 4.66. The maximum atomic E-state index is 12.6. The van der Waals surface area contributed by atoms with E-state index >= 15 is 0 Å². The molecule has 1 saturated heterocycles. The second-order valence-corrected chi connectivity index (χ2v) is 6.96. The van der Waals surface area contributed by atoms with Gasteiger partial charge in [-0.3, -0.25) is 4.68 Å². The number of rotatable bonds is 2. The maximum absolute atomic E-state index is 12.6. The van der Waals surface area contributed by atoms with Crippen molar-refractivity contribution in [2.75, 3.05) is 13.1 Å². The topological polar surface area (TPSA) is 81.2 Å². The zero-order chi connectivity index (χ0) is 13.7. The van der Waals surface area contributed by atoms with Crippen molar-refractivity contribution in [1.82, 2.24) is 14.1 Å². The van der Waals surface area contributed by atoms with Crippen LogP contribution in [0.4, 0.5) is 0 Å². The summed E-state index contributed by atoms with van der Waals surface area (Å²) in [5.74, 6) is 0.192. The molecule has 0 saturated carbocycles. The van der Waals surface area contributed by atoms with Crippen molar-refractivity contribution in [3.8, 4) is 0 Å². The third-order valence-corrected chi connectivity index (χ3v) is 5.76. The molecule has 1 aromatic rings. The van der Waals surface area contributed by atoms with Crippen molar-refractivity contribution in [1.29, 1.82) is 0 Å². The Morgan fingerprint density at radius 3 is 2.26 bits per heavy atom. The van der Waals surface area contributed by atoms with Crippen molar-refractivity contribution >= 4 is 22.4 Å². The highest BCUT2D eigenvalue weighted by molar-refractivity contribution is 7.89. The normalized spacial score (nSPS) is 24.5. The molecule has 2 heterocycles. The molecule has 1 aromatic heterocycles. The van der Waals surface area contributed by atoms with Crippen LogP contribution in [0.15, 0.2) is 4.90 Å². The van der Waals surface area contributed by atoms with Gasteiger partial charge in [0, 0.05) is 26.2 Å². The van der Waals surface area contributed by atoms with Crippen LogP contribution in [0.2, 0.25) is 0 Å². The molecule has 2 atom stereocenters. The molecule has 0 radical (unpaired) electrons. The summed E-state index contributed by atoms with van der Waals surface area (Å²) in [6.45, 7) is 6.34. The zero-order valence-electron chi connectivity index (χ0n) is 11.6. The Balaban J connectivity index is 0.00000180. The highest BCUT2D eigenvalue weighted by Gasteiger charge is 2.37. The van der Waals surface area contributed by atoms with E-state index in [1.165, 1.54) is 4.31 Å². The highest BCUT2D eigenvalue weighted by atomic mass is 35.5. The van der Waals surface area contributed by atoms with Gasteiger partial charge >= 0.3 is 0 Å². The third kappa shape index (κ3) is 2.65. The fourth-order valence-corrected chi connectivity index (χ4v) is 4.38. The minimum Gasteiger partial charge on any atom is -0.326 e. The largest absolute Gasteiger partial charge is 0.326 e. The first-order valence-electron chi connectivity index (χ1n) is 6.01. The molecule has 0 aromatic carbocycles. The van der Waals surface area contributed by atoms with Crippen LogP contribution in [-0.2, 0) is 17.1 Å². The lowest BCUT2D eigenvalue weighted by Crippen LogP contribution is -2.32. The van der Waals surface area contributed by atoms with Crippen LogP contribution in [-0.4, -0.2) is 41.6 Å². The second-order valence-electron chi connectivity index (χ2n) is 5.09. The fraction of sp³-hybridized carbons (Fsp3) is 0.727. The van der Waals surface area contributed by atoms with Crippen LogP contribution in [0.1, 0.15) is 18.3 Å². The van der Waals surface area contributed by atoms with Crippen LogP contribution in [0, 0.1) is 19.8 Å². The Hall–Kier alpha value is -0.630. The number of aromatic nitrogens is 2. The molecule has 8 heteroatoms. The summed E-state index contributed by atoms with van der Waals surface area (Å²) in [6, 6.07) is -0.0861. The van der Waals surface area contributed by atoms with Gasteiger partial charge in [-0.15, -0.1) is 12.4 Å². The Labute approximate surface area is 120 Å². The molecule has 0 amide bonds. The van der Waals surface area contributed by atoms with E-state index in [2.05, 4.69) is 5.10 Å². The number of nitrogens with two attached hydrogens (primary N) is 1. The minimum atomic E-state index is -3.48. The highest BCUT2D eigenvalue weighted by Crippen LogP contribution is 2.27. The van der Waals surface area contributed by atoms with E-state index in [0.29, 0.717) is 29.4 Å². The van der Waals surface area contributed by atoms with Gasteiger partial charge in [0.1, 0.15) is 4.90 Å². The first-order chi connectivity index (χ1) is 8.25. The van der Waals surface area contributed by atoms with Gasteiger partial charge in [-0.2, -0.15) is 9.40 Å². The van der Waals surface area contributed by atoms with Crippen molar-refractivity contribution in [2.45, 2.75) is 31.7 Å². The standard InChI is InChI=1S/C11H20N4O2S.ClH/c1-7-5-15(6-10(7)12)18(16,17)11-8(2)13-14(4)9(11)3;/h7,10H,5-6,12H2,1-4H3;1H. The number of aryl methyl sites for hydroxylation is 2. The first kappa shape index (κ1) is 16.4. The summed E-state index contributed by atoms with van der Waals surface area (Å²) in [7, 11) is -1.73. The van der Waals surface area contributed by atoms with Crippen molar-refractivity contribution in [3.05, 3.63) is 11.4 Å². The van der Waals surface area contributed by atoms with Crippen LogP contribution >= 0.6 is 12.4 Å². The number of hydrogen-bond acceptors (Lipinski definition) is 4. The van der Waals surface area contributed by atoms with Gasteiger partial charge < -0.3 is 5.73 Å². The molecular weight excluding hydrogens is 288 g/mol. The van der Waals surface area contributed by atoms with Gasteiger partial charge in [0.25, 0.3) is 0 Å². The lowest BCUT2D eigenvalue weighted by atomic mass is 10.1. The predicted octanol–water partition coefficient (Wildman–Crippen LogP) is 0.426. The van der Waals surface area contributed by atoms with E-state index in [4.69, 9.17) is 5.73 Å². The number of nitrogens with zero attached hydrogens (tertiary/aromatic N) is 3. The first-order valence-corrected chi connectivity index (χ1v) is 7.45. The predicted molar refractivity (Wildman–Crippen MR) is 75.8 cm³/mol. The molecule has 0 bridgehead atoms. The molecule has 1 aliphatic rings. The fourth-order valence-electron chi connectivity index (χ4n) is 2.40. The summed E-state index contributed by atoms with van der Waals surface area (Å²) < 4.78 is 28.3. The lowest BCUT2D eigenvalue weighted by Gasteiger charge is -2.16. The quantitative estimate of drug-likeness (QED) is 0.859. The van der Waals surface area contributed by atoms with Crippen LogP contribution in [0.25, 0.3) is 0 Å². The van der Waals surface area contributed by atoms with Gasteiger partial charge in [-0.25, -0.2) is 8.42 Å². The van der Waals surface area contributed by atoms with Crippen LogP contribution in [0.5, 0.6) is 0 Å². The zero-order valence-corrected chi connectivity index (χ0v) is 13.3. The molecule has 2 N–H and O–H groups in total. The van der Waals surface area contributed by atoms with Crippen molar-refractivity contribution in [2.24, 2.45) is 18.7 Å². The SMILES string of the molecule is Cc1nn(C)c(C)c1S(=O)(=O)N1CC(C)C(N)C1.Cl. The average molecular weight is 309 g/mol. The summed E-state index contributed by atoms with van der Waals surface area (Å²) in [6.07, 6.45) is 0. The summed E-state index contributed by atoms with van der Waals surface area (Å²) in [4.78, 5) is 0.325. The molecule has 2 rings (SSSR count). The molecule has 6 nitrogen and oxygen atoms in total. The Morgan fingerprint density at radius 1 is 1.32 bits per heavy atom. The number of halogens is 1. The van der Waals surface area contributed by atoms with Gasteiger partial charge in [-0.1, -0.05) is 6.92 Å². The summed E-state index contributed by atoms with van der Waals surface area (Å²) in [5, 5.41) is 4.17. The molecule has 1 aliphatic heterocycles. The molecule has 0 aliphatic carbocycles. The number of hydrogen-bond donors (Lipinski definition) is 1. The Morgan fingerprint density at radius 2 is 1.89 bits per heavy atom. The minimum absolute atomic E-state index is 0. The summed E-state index contributed by atoms with van der Waals surface area (Å²) >= 11 is 0. The van der Waals surface area contributed by atoms with Gasteiger partial charge in [0.05, 0.1) is 11.4 Å². The average Bonchev–Trinajstić information content (AvgIpc) is 2.70. The number of sulfonamides is 1. The van der Waals surface area contributed by atoms with E-state index in [-0.39, 0.29) is 24.4 Å². The molecule has 0 spiro atoms. The third-order valence-electron chi connectivity index (χ3n) is 3.68. The van der Waals surface area contributed by atoms with E-state index in [1.807, 2.05) is 6.92 Å². The van der Waals surface area contributed by atoms with Crippen LogP contribution in [0.3, 0.4) is 0 Å². The van der Waals surface area contributed by atoms with Gasteiger partial charge in [-0.05, 0) is 19.8 Å². The smallest absolute Gasteiger partial charge is 0.246 e. The molecule has 110 valence electrons. The van der Waals surface area contributed by atoms with Crippen molar-refractivity contribution < 1.29 is 8.42 Å². The summed E-state index contributed by atoms with van der Waals surface area (Å²) in [5.41, 5.74) is 7.11. The van der Waals surface area contributed by atoms with Gasteiger partial charge in [0.15, 0.2) is 0 Å². The van der Waals surface area contributed by atoms with Crippen LogP contribution < -0.4 is 5.73 Å². The monoisotopic (exact) mass is 308 g/mol. The lowest BCUT2D eigenvalue weighted by molar-refractivity contribution is 0.463. The maximum Gasteiger partial charge on any atom is 0.246 e. The van der Waals surface area contributed by atoms with Gasteiger partial charge in [0.2, 0.25) is 10.0 Å². The molecular formula is C11H21ClN4O2S. The van der Waals surface area contributed by atoms with E-state index < -0.39 is 10.0 Å². The van der Waals surface area contributed by atoms with E-state index in [0.717, 1.165) is 0 Å². The second kappa shape index (κ2) is 5.40. The van der Waals surface area contributed by atoms with E-state index in [9.17, 15) is 8.42 Å². The van der Waals surface area contributed by atoms with E-state index in [1.54, 1.807) is 25.6 Å². The molecule has 1 fully saturated rings. The van der Waals surface area contributed by atoms with Crippen molar-refractivity contribution in [3.63, 3.8) is 0 Å². The molecule has 19 heavy (non-hydrogen) atoms. The Bertz CT molecular complexity index is 559.